The molecule has 6 saturated heterocycles. The van der Waals surface area contributed by atoms with Crippen LogP contribution in [-0.2, 0) is 66.4 Å². The van der Waals surface area contributed by atoms with E-state index in [1.165, 1.54) is 0 Å². The predicted molar refractivity (Wildman–Crippen MR) is 345 cm³/mol. The van der Waals surface area contributed by atoms with Crippen molar-refractivity contribution < 1.29 is 138 Å². The largest absolute Gasteiger partial charge is 0.395 e. The summed E-state index contributed by atoms with van der Waals surface area (Å²) in [6.07, 6.45) is -35.4. The summed E-state index contributed by atoms with van der Waals surface area (Å²) in [7, 11) is 0. The minimum atomic E-state index is -1.65. The monoisotopic (exact) mass is 1470 g/mol. The number of hydrogen-bond acceptors (Lipinski definition) is 40. The van der Waals surface area contributed by atoms with Crippen molar-refractivity contribution in [1.82, 2.24) is 21.3 Å². The van der Waals surface area contributed by atoms with E-state index in [1.807, 2.05) is 0 Å². The number of carbonyl (C=O) groups is 2. The van der Waals surface area contributed by atoms with Crippen molar-refractivity contribution in [2.24, 2.45) is 69.2 Å². The van der Waals surface area contributed by atoms with Crippen LogP contribution >= 0.6 is 0 Å². The summed E-state index contributed by atoms with van der Waals surface area (Å²) < 4.78 is 71.5. The quantitative estimate of drug-likeness (QED) is 0.0287. The van der Waals surface area contributed by atoms with Gasteiger partial charge in [-0.25, -0.2) is 0 Å². The second-order valence-electron chi connectivity index (χ2n) is 27.2. The van der Waals surface area contributed by atoms with Gasteiger partial charge in [-0.1, -0.05) is 13.8 Å². The third-order valence-electron chi connectivity index (χ3n) is 19.7. The number of nitrogens with two attached hydrogens (primary N) is 10. The maximum Gasteiger partial charge on any atom is 0.224 e. The summed E-state index contributed by atoms with van der Waals surface area (Å²) in [6.45, 7) is 2.52. The molecule has 8 aliphatic rings. The van der Waals surface area contributed by atoms with Crippen LogP contribution in [0.4, 0.5) is 0 Å². The molecule has 2 amide bonds. The first-order chi connectivity index (χ1) is 48.0. The average molecular weight is 1470 g/mol. The Balaban J connectivity index is 0.000000283. The Hall–Kier alpha value is -2.58. The maximum atomic E-state index is 13.0. The topological polar surface area (TPSA) is 736 Å². The molecule has 0 aromatic carbocycles. The Morgan fingerprint density at radius 3 is 1.10 bits per heavy atom. The SMILES string of the molecule is C[C@@H](CCN)C(=O)N[C@@H]1C[C@H](N)[C@@H](O[C@H]2O[C@H](CNCCO)[C@@H](O)CC2N)[C@H](O[C@@H]2O[C@H](CO)[C@@H](O[C@H]3O[C@@H](CN)[C@@H](O)[C@H](O)C3N)[C@H]2O)[C@H]1O.C[C@@H](CN)C(=O)N[C@@H]1C[C@H](N)[C@@H](O[C@H]2O[C@H](CNCCO)[C@@H](O)CC2N)[C@H](O[C@@H]2O[C@H](CO)[C@@H](O[C@H]3O[C@@H](CN)[C@@H](O)[C@H](O)C3N)[C@H]2O)[C@H]1O. The Labute approximate surface area is 583 Å². The van der Waals surface area contributed by atoms with Crippen LogP contribution in [0.2, 0.25) is 0 Å². The van der Waals surface area contributed by atoms with E-state index < -0.39 is 251 Å². The number of aliphatic hydroxyl groups excluding tert-OH is 14. The summed E-state index contributed by atoms with van der Waals surface area (Å²) in [4.78, 5) is 25.7. The molecule has 38 atom stereocenters. The summed E-state index contributed by atoms with van der Waals surface area (Å²) in [5.41, 5.74) is 60.5. The van der Waals surface area contributed by atoms with E-state index in [9.17, 15) is 70.9 Å². The lowest BCUT2D eigenvalue weighted by Gasteiger charge is -2.47. The standard InChI is InChI=1S/C30H59N7O14.C29H57N7O14/c1-11(2-3-31)27(45)37-14-6-12(33)24(49-28-13(34)7-15(40)17(47-28)9-36-4-5-38)26(20(14)41)51-30-23(44)25(18(10-39)48-30)50-29-19(35)22(43)21(42)16(8-32)46-29;1-10(6-30)26(44)36-13-4-11(32)23(48-27-12(33)5-14(39)16(46-27)8-35-2-3-37)25(19(13)40)50-29-22(43)24(17(9-38)47-29)49-28-18(34)21(42)20(41)15(7-31)45-28/h11-26,28-30,36,38-44H,2-10,31-35H2,1H3,(H,37,45);10-25,27-29,35,37-43H,2-9,30-34H2,1H3,(H,36,44)/t11-,12-,13?,14+,15-,16-,17+,18+,19?,20-,21+,22+,23+,24+,25+,26+,28+,29+,30-;10-,11-,12?,13+,14-,15-,16+,17+,18?,19-,20+,21+,22+,23+,24+,25+,27+,28+,29-/m00/s1. The van der Waals surface area contributed by atoms with E-state index in [0.717, 1.165) is 0 Å². The average Bonchev–Trinajstić information content (AvgIpc) is 1.77. The van der Waals surface area contributed by atoms with Gasteiger partial charge in [-0.05, 0) is 38.6 Å². The molecular formula is C59H116N14O28. The van der Waals surface area contributed by atoms with Crippen LogP contribution in [0.15, 0.2) is 0 Å². The molecule has 38 N–H and O–H groups in total. The van der Waals surface area contributed by atoms with Gasteiger partial charge in [0, 0.05) is 69.7 Å². The number of ether oxygens (including phenoxy) is 12. The molecular weight excluding hydrogens is 1350 g/mol. The molecule has 0 aromatic rings. The van der Waals surface area contributed by atoms with Gasteiger partial charge in [0.05, 0.1) is 87.1 Å². The summed E-state index contributed by atoms with van der Waals surface area (Å²) >= 11 is 0. The van der Waals surface area contributed by atoms with Crippen LogP contribution in [0.25, 0.3) is 0 Å². The van der Waals surface area contributed by atoms with Crippen molar-refractivity contribution in [2.75, 3.05) is 78.8 Å². The van der Waals surface area contributed by atoms with E-state index in [1.54, 1.807) is 13.8 Å². The summed E-state index contributed by atoms with van der Waals surface area (Å²) in [5.74, 6) is -1.88. The molecule has 590 valence electrons. The molecule has 6 heterocycles. The van der Waals surface area contributed by atoms with Gasteiger partial charge in [0.1, 0.15) is 110 Å². The molecule has 0 radical (unpaired) electrons. The molecule has 42 heteroatoms. The minimum absolute atomic E-state index is 0.0211. The van der Waals surface area contributed by atoms with E-state index in [2.05, 4.69) is 21.3 Å². The highest BCUT2D eigenvalue weighted by atomic mass is 16.8. The van der Waals surface area contributed by atoms with E-state index in [-0.39, 0.29) is 97.2 Å². The van der Waals surface area contributed by atoms with Crippen LogP contribution in [0.5, 0.6) is 0 Å². The third kappa shape index (κ3) is 21.2. The Morgan fingerprint density at radius 2 is 0.752 bits per heavy atom. The first-order valence-corrected chi connectivity index (χ1v) is 34.5. The van der Waals surface area contributed by atoms with Crippen molar-refractivity contribution in [2.45, 2.75) is 266 Å². The van der Waals surface area contributed by atoms with Gasteiger partial charge in [0.25, 0.3) is 0 Å². The predicted octanol–water partition coefficient (Wildman–Crippen LogP) is -16.6. The fourth-order valence-corrected chi connectivity index (χ4v) is 13.4. The van der Waals surface area contributed by atoms with Gasteiger partial charge in [-0.2, -0.15) is 0 Å². The van der Waals surface area contributed by atoms with Crippen molar-refractivity contribution in [3.8, 4) is 0 Å². The fourth-order valence-electron chi connectivity index (χ4n) is 13.4. The highest BCUT2D eigenvalue weighted by molar-refractivity contribution is 5.79. The maximum absolute atomic E-state index is 13.0. The normalized spacial score (nSPS) is 45.8. The van der Waals surface area contributed by atoms with Crippen molar-refractivity contribution >= 4 is 11.8 Å². The number of hydrogen-bond donors (Lipinski definition) is 28. The van der Waals surface area contributed by atoms with Crippen LogP contribution in [-0.4, -0.2) is 382 Å². The van der Waals surface area contributed by atoms with Gasteiger partial charge >= 0.3 is 0 Å². The highest BCUT2D eigenvalue weighted by Crippen LogP contribution is 2.38. The molecule has 0 spiro atoms. The van der Waals surface area contributed by atoms with Gasteiger partial charge in [0.2, 0.25) is 11.8 Å². The molecule has 0 aromatic heterocycles. The van der Waals surface area contributed by atoms with E-state index in [0.29, 0.717) is 6.42 Å². The van der Waals surface area contributed by atoms with Gasteiger partial charge in [0.15, 0.2) is 37.7 Å². The fraction of sp³-hybridized carbons (Fsp3) is 0.966. The first kappa shape index (κ1) is 85.7. The number of amides is 2. The molecule has 0 bridgehead atoms. The summed E-state index contributed by atoms with van der Waals surface area (Å²) in [5, 5.41) is 158. The number of aliphatic hydroxyl groups is 14. The molecule has 8 rings (SSSR count). The molecule has 8 fully saturated rings. The van der Waals surface area contributed by atoms with Crippen molar-refractivity contribution in [3.05, 3.63) is 0 Å². The number of carbonyl (C=O) groups excluding carboxylic acids is 2. The lowest BCUT2D eigenvalue weighted by molar-refractivity contribution is -0.296. The second-order valence-corrected chi connectivity index (χ2v) is 27.2. The Kier molecular flexibility index (Phi) is 34.0. The summed E-state index contributed by atoms with van der Waals surface area (Å²) in [6, 6.07) is -7.91. The second kappa shape index (κ2) is 40.0. The van der Waals surface area contributed by atoms with Crippen molar-refractivity contribution in [3.63, 3.8) is 0 Å². The third-order valence-corrected chi connectivity index (χ3v) is 19.7. The number of rotatable bonds is 31. The van der Waals surface area contributed by atoms with Crippen LogP contribution in [0.3, 0.4) is 0 Å². The molecule has 4 unspecified atom stereocenters. The zero-order chi connectivity index (χ0) is 74.4. The molecule has 101 heavy (non-hydrogen) atoms. The van der Waals surface area contributed by atoms with Crippen LogP contribution in [0.1, 0.15) is 46.0 Å². The van der Waals surface area contributed by atoms with E-state index in [4.69, 9.17) is 124 Å². The first-order valence-electron chi connectivity index (χ1n) is 34.5. The van der Waals surface area contributed by atoms with Crippen LogP contribution < -0.4 is 78.6 Å². The smallest absolute Gasteiger partial charge is 0.224 e. The highest BCUT2D eigenvalue weighted by Gasteiger charge is 2.57. The lowest BCUT2D eigenvalue weighted by Crippen LogP contribution is -2.67. The zero-order valence-electron chi connectivity index (χ0n) is 56.7. The van der Waals surface area contributed by atoms with Crippen LogP contribution in [0, 0.1) is 11.8 Å². The molecule has 2 saturated carbocycles. The molecule has 6 aliphatic heterocycles. The molecule has 2 aliphatic carbocycles. The lowest BCUT2D eigenvalue weighted by atomic mass is 9.83. The van der Waals surface area contributed by atoms with Gasteiger partial charge in [-0.3, -0.25) is 9.59 Å². The zero-order valence-corrected chi connectivity index (χ0v) is 56.7. The Bertz CT molecular complexity index is 2450. The van der Waals surface area contributed by atoms with Gasteiger partial charge < -0.3 is 207 Å². The van der Waals surface area contributed by atoms with Gasteiger partial charge in [-0.15, -0.1) is 0 Å². The molecule has 42 nitrogen and oxygen atoms in total. The Morgan fingerprint density at radius 1 is 0.406 bits per heavy atom. The van der Waals surface area contributed by atoms with Crippen molar-refractivity contribution in [1.29, 1.82) is 0 Å². The number of nitrogens with one attached hydrogen (secondary N) is 4. The minimum Gasteiger partial charge on any atom is -0.395 e. The van der Waals surface area contributed by atoms with E-state index >= 15 is 0 Å².